The standard InChI is InChI=1S/C16H25ClN2S/c1-19(2)16(8-4-3-5-9-16)11-18-13-6-7-14-12(13)10-15(17)20-14/h10,13,18H,3-9,11H2,1-2H3. The van der Waals surface area contributed by atoms with Crippen LogP contribution in [-0.2, 0) is 6.42 Å². The van der Waals surface area contributed by atoms with Crippen molar-refractivity contribution < 1.29 is 0 Å². The quantitative estimate of drug-likeness (QED) is 0.894. The Kier molecular flexibility index (Phi) is 4.42. The van der Waals surface area contributed by atoms with Gasteiger partial charge in [0.25, 0.3) is 0 Å². The van der Waals surface area contributed by atoms with Gasteiger partial charge in [-0.2, -0.15) is 0 Å². The highest BCUT2D eigenvalue weighted by Gasteiger charge is 2.35. The van der Waals surface area contributed by atoms with Crippen molar-refractivity contribution in [1.82, 2.24) is 10.2 Å². The van der Waals surface area contributed by atoms with Gasteiger partial charge in [-0.15, -0.1) is 11.3 Å². The smallest absolute Gasteiger partial charge is 0.0934 e. The number of hydrogen-bond acceptors (Lipinski definition) is 3. The Morgan fingerprint density at radius 1 is 1.35 bits per heavy atom. The largest absolute Gasteiger partial charge is 0.308 e. The fraction of sp³-hybridized carbons (Fsp3) is 0.750. The molecule has 0 spiro atoms. The van der Waals surface area contributed by atoms with Crippen molar-refractivity contribution in [2.45, 2.75) is 56.5 Å². The molecule has 1 saturated carbocycles. The first-order chi connectivity index (χ1) is 9.61. The van der Waals surface area contributed by atoms with E-state index in [0.29, 0.717) is 11.6 Å². The highest BCUT2D eigenvalue weighted by molar-refractivity contribution is 7.16. The Morgan fingerprint density at radius 3 is 2.80 bits per heavy atom. The lowest BCUT2D eigenvalue weighted by Crippen LogP contribution is -2.53. The number of hydrogen-bond donors (Lipinski definition) is 1. The van der Waals surface area contributed by atoms with Gasteiger partial charge in [0.1, 0.15) is 0 Å². The van der Waals surface area contributed by atoms with Crippen LogP contribution in [0, 0.1) is 0 Å². The summed E-state index contributed by atoms with van der Waals surface area (Å²) < 4.78 is 0.946. The molecule has 3 rings (SSSR count). The summed E-state index contributed by atoms with van der Waals surface area (Å²) in [7, 11) is 4.49. The van der Waals surface area contributed by atoms with E-state index in [0.717, 1.165) is 10.9 Å². The Labute approximate surface area is 131 Å². The second-order valence-electron chi connectivity index (χ2n) is 6.58. The molecular weight excluding hydrogens is 288 g/mol. The highest BCUT2D eigenvalue weighted by Crippen LogP contribution is 2.40. The van der Waals surface area contributed by atoms with Gasteiger partial charge in [0.15, 0.2) is 0 Å². The first kappa shape index (κ1) is 14.8. The normalized spacial score (nSPS) is 25.1. The fourth-order valence-corrected chi connectivity index (χ4v) is 5.20. The van der Waals surface area contributed by atoms with Crippen LogP contribution in [0.25, 0.3) is 0 Å². The maximum Gasteiger partial charge on any atom is 0.0934 e. The van der Waals surface area contributed by atoms with E-state index in [1.54, 1.807) is 11.3 Å². The summed E-state index contributed by atoms with van der Waals surface area (Å²) in [5, 5.41) is 3.85. The number of thiophene rings is 1. The van der Waals surface area contributed by atoms with Gasteiger partial charge in [-0.25, -0.2) is 0 Å². The Balaban J connectivity index is 1.66. The summed E-state index contributed by atoms with van der Waals surface area (Å²) in [6.07, 6.45) is 9.25. The van der Waals surface area contributed by atoms with E-state index in [-0.39, 0.29) is 0 Å². The zero-order chi connectivity index (χ0) is 14.2. The molecule has 2 nitrogen and oxygen atoms in total. The lowest BCUT2D eigenvalue weighted by atomic mass is 9.80. The number of nitrogens with one attached hydrogen (secondary N) is 1. The van der Waals surface area contributed by atoms with E-state index in [4.69, 9.17) is 11.6 Å². The van der Waals surface area contributed by atoms with Crippen LogP contribution in [0.5, 0.6) is 0 Å². The Morgan fingerprint density at radius 2 is 2.10 bits per heavy atom. The van der Waals surface area contributed by atoms with E-state index in [1.165, 1.54) is 55.4 Å². The minimum Gasteiger partial charge on any atom is -0.308 e. The van der Waals surface area contributed by atoms with Gasteiger partial charge in [0.05, 0.1) is 4.34 Å². The maximum absolute atomic E-state index is 6.15. The molecule has 2 aliphatic rings. The van der Waals surface area contributed by atoms with Crippen molar-refractivity contribution in [2.75, 3.05) is 20.6 Å². The molecule has 0 radical (unpaired) electrons. The lowest BCUT2D eigenvalue weighted by molar-refractivity contribution is 0.0951. The van der Waals surface area contributed by atoms with Crippen molar-refractivity contribution in [1.29, 1.82) is 0 Å². The van der Waals surface area contributed by atoms with Gasteiger partial charge in [0, 0.05) is 23.0 Å². The third-order valence-electron chi connectivity index (χ3n) is 5.26. The first-order valence-corrected chi connectivity index (χ1v) is 8.99. The Bertz CT molecular complexity index is 463. The van der Waals surface area contributed by atoms with Crippen LogP contribution >= 0.6 is 22.9 Å². The van der Waals surface area contributed by atoms with Crippen molar-refractivity contribution in [2.24, 2.45) is 0 Å². The first-order valence-electron chi connectivity index (χ1n) is 7.80. The summed E-state index contributed by atoms with van der Waals surface area (Å²) in [4.78, 5) is 3.95. The second-order valence-corrected chi connectivity index (χ2v) is 8.35. The van der Waals surface area contributed by atoms with Crippen LogP contribution in [0.2, 0.25) is 4.34 Å². The fourth-order valence-electron chi connectivity index (χ4n) is 3.85. The number of fused-ring (bicyclic) bond motifs is 1. The van der Waals surface area contributed by atoms with Crippen LogP contribution in [0.15, 0.2) is 6.07 Å². The summed E-state index contributed by atoms with van der Waals surface area (Å²) in [5.41, 5.74) is 1.82. The van der Waals surface area contributed by atoms with Gasteiger partial charge < -0.3 is 10.2 Å². The molecule has 0 bridgehead atoms. The predicted molar refractivity (Wildman–Crippen MR) is 87.9 cm³/mol. The molecule has 0 aromatic carbocycles. The molecule has 1 aromatic heterocycles. The van der Waals surface area contributed by atoms with Crippen molar-refractivity contribution >= 4 is 22.9 Å². The van der Waals surface area contributed by atoms with E-state index in [1.807, 2.05) is 0 Å². The zero-order valence-electron chi connectivity index (χ0n) is 12.5. The molecule has 0 aliphatic heterocycles. The molecule has 1 atom stereocenters. The van der Waals surface area contributed by atoms with Gasteiger partial charge in [-0.3, -0.25) is 0 Å². The van der Waals surface area contributed by atoms with Crippen LogP contribution in [0.3, 0.4) is 0 Å². The topological polar surface area (TPSA) is 15.3 Å². The summed E-state index contributed by atoms with van der Waals surface area (Å²) >= 11 is 7.92. The monoisotopic (exact) mass is 312 g/mol. The lowest BCUT2D eigenvalue weighted by Gasteiger charge is -2.44. The van der Waals surface area contributed by atoms with E-state index >= 15 is 0 Å². The average Bonchev–Trinajstić information content (AvgIpc) is 2.96. The van der Waals surface area contributed by atoms with Crippen LogP contribution in [0.4, 0.5) is 0 Å². The molecule has 0 amide bonds. The third-order valence-corrected chi connectivity index (χ3v) is 6.60. The van der Waals surface area contributed by atoms with Crippen LogP contribution in [-0.4, -0.2) is 31.1 Å². The van der Waals surface area contributed by atoms with E-state index in [2.05, 4.69) is 30.4 Å². The highest BCUT2D eigenvalue weighted by atomic mass is 35.5. The predicted octanol–water partition coefficient (Wildman–Crippen LogP) is 4.24. The summed E-state index contributed by atoms with van der Waals surface area (Å²) in [6, 6.07) is 2.70. The second kappa shape index (κ2) is 5.96. The average molecular weight is 313 g/mol. The minimum atomic E-state index is 0.362. The molecule has 112 valence electrons. The molecule has 1 unspecified atom stereocenters. The van der Waals surface area contributed by atoms with Crippen molar-refractivity contribution in [3.8, 4) is 0 Å². The summed E-state index contributed by atoms with van der Waals surface area (Å²) in [5.74, 6) is 0. The van der Waals surface area contributed by atoms with Gasteiger partial charge in [0.2, 0.25) is 0 Å². The molecule has 20 heavy (non-hydrogen) atoms. The van der Waals surface area contributed by atoms with E-state index in [9.17, 15) is 0 Å². The molecule has 2 aliphatic carbocycles. The van der Waals surface area contributed by atoms with Crippen LogP contribution < -0.4 is 5.32 Å². The third kappa shape index (κ3) is 2.78. The summed E-state index contributed by atoms with van der Waals surface area (Å²) in [6.45, 7) is 1.11. The maximum atomic E-state index is 6.15. The van der Waals surface area contributed by atoms with E-state index < -0.39 is 0 Å². The molecule has 1 heterocycles. The molecule has 1 aromatic rings. The molecule has 1 N–H and O–H groups in total. The number of aryl methyl sites for hydroxylation is 1. The van der Waals surface area contributed by atoms with Gasteiger partial charge in [-0.05, 0) is 51.4 Å². The van der Waals surface area contributed by atoms with Crippen LogP contribution in [0.1, 0.15) is 55.0 Å². The number of rotatable bonds is 4. The minimum absolute atomic E-state index is 0.362. The SMILES string of the molecule is CN(C)C1(CNC2CCc3sc(Cl)cc32)CCCCC1. The zero-order valence-corrected chi connectivity index (χ0v) is 14.1. The molecule has 4 heteroatoms. The van der Waals surface area contributed by atoms with Crippen molar-refractivity contribution in [3.63, 3.8) is 0 Å². The number of likely N-dealkylation sites (N-methyl/N-ethyl adjacent to an activating group) is 1. The Hall–Kier alpha value is -0.0900. The molecular formula is C16H25ClN2S. The molecule has 1 fully saturated rings. The number of halogens is 1. The van der Waals surface area contributed by atoms with Gasteiger partial charge >= 0.3 is 0 Å². The molecule has 0 saturated heterocycles. The number of nitrogens with zero attached hydrogens (tertiary/aromatic N) is 1. The van der Waals surface area contributed by atoms with Crippen molar-refractivity contribution in [3.05, 3.63) is 20.8 Å². The van der Waals surface area contributed by atoms with Gasteiger partial charge in [-0.1, -0.05) is 30.9 Å².